The number of hydrogen-bond acceptors (Lipinski definition) is 5. The molecule has 4 aromatic rings. The molecule has 184 valence electrons. The lowest BCUT2D eigenvalue weighted by molar-refractivity contribution is 0.102. The lowest BCUT2D eigenvalue weighted by Gasteiger charge is -2.11. The summed E-state index contributed by atoms with van der Waals surface area (Å²) in [6.45, 7) is 1.87. The van der Waals surface area contributed by atoms with E-state index in [1.54, 1.807) is 36.4 Å². The van der Waals surface area contributed by atoms with Crippen LogP contribution in [0.25, 0.3) is 0 Å². The van der Waals surface area contributed by atoms with E-state index in [-0.39, 0.29) is 9.79 Å². The molecule has 3 N–H and O–H groups in total. The molecule has 0 aliphatic rings. The van der Waals surface area contributed by atoms with Crippen LogP contribution >= 0.6 is 0 Å². The number of carbonyl (C=O) groups is 1. The van der Waals surface area contributed by atoms with Gasteiger partial charge in [0.05, 0.1) is 9.79 Å². The number of nitrogens with one attached hydrogen (secondary N) is 3. The first kappa shape index (κ1) is 25.0. The maximum absolute atomic E-state index is 12.6. The summed E-state index contributed by atoms with van der Waals surface area (Å²) in [7, 11) is -7.52. The van der Waals surface area contributed by atoms with Crippen LogP contribution in [0.15, 0.2) is 113 Å². The number of carbonyl (C=O) groups excluding carboxylic acids is 1. The van der Waals surface area contributed by atoms with E-state index in [1.165, 1.54) is 60.7 Å². The van der Waals surface area contributed by atoms with Gasteiger partial charge in [-0.3, -0.25) is 14.2 Å². The third kappa shape index (κ3) is 6.09. The Kier molecular flexibility index (Phi) is 7.09. The number of rotatable bonds is 8. The third-order valence-electron chi connectivity index (χ3n) is 5.15. The molecule has 0 spiro atoms. The molecule has 0 aromatic heterocycles. The summed E-state index contributed by atoms with van der Waals surface area (Å²) in [5.41, 5.74) is 2.40. The average molecular weight is 522 g/mol. The molecule has 10 heteroatoms. The number of hydrogen-bond donors (Lipinski definition) is 3. The second kappa shape index (κ2) is 10.2. The van der Waals surface area contributed by atoms with Crippen molar-refractivity contribution >= 4 is 43.0 Å². The standard InChI is InChI=1S/C26H23N3O5S2/c1-19-6-5-7-23(18-19)29-36(33,34)25-16-14-21(15-17-25)27-26(30)20-10-12-22(13-11-20)28-35(31,32)24-8-3-2-4-9-24/h2-18,28-29H,1H3,(H,27,30). The quantitative estimate of drug-likeness (QED) is 0.306. The molecule has 36 heavy (non-hydrogen) atoms. The highest BCUT2D eigenvalue weighted by atomic mass is 32.2. The minimum absolute atomic E-state index is 0.0528. The van der Waals surface area contributed by atoms with Gasteiger partial charge in [0.2, 0.25) is 0 Å². The molecule has 0 saturated heterocycles. The maximum Gasteiger partial charge on any atom is 0.261 e. The number of amides is 1. The average Bonchev–Trinajstić information content (AvgIpc) is 2.85. The molecule has 0 fully saturated rings. The van der Waals surface area contributed by atoms with Crippen LogP contribution in [0.3, 0.4) is 0 Å². The van der Waals surface area contributed by atoms with Gasteiger partial charge in [-0.15, -0.1) is 0 Å². The van der Waals surface area contributed by atoms with E-state index in [1.807, 2.05) is 13.0 Å². The first-order chi connectivity index (χ1) is 17.1. The van der Waals surface area contributed by atoms with Crippen molar-refractivity contribution in [2.45, 2.75) is 16.7 Å². The topological polar surface area (TPSA) is 121 Å². The van der Waals surface area contributed by atoms with E-state index < -0.39 is 26.0 Å². The number of sulfonamides is 2. The SMILES string of the molecule is Cc1cccc(NS(=O)(=O)c2ccc(NC(=O)c3ccc(NS(=O)(=O)c4ccccc4)cc3)cc2)c1. The highest BCUT2D eigenvalue weighted by Gasteiger charge is 2.16. The Balaban J connectivity index is 1.40. The van der Waals surface area contributed by atoms with Gasteiger partial charge in [0.15, 0.2) is 0 Å². The van der Waals surface area contributed by atoms with E-state index in [4.69, 9.17) is 0 Å². The summed E-state index contributed by atoms with van der Waals surface area (Å²) < 4.78 is 55.2. The van der Waals surface area contributed by atoms with Gasteiger partial charge in [0, 0.05) is 22.6 Å². The van der Waals surface area contributed by atoms with Crippen LogP contribution in [0.4, 0.5) is 17.1 Å². The Morgan fingerprint density at radius 3 is 1.75 bits per heavy atom. The van der Waals surface area contributed by atoms with Crippen LogP contribution in [-0.2, 0) is 20.0 Å². The Labute approximate surface area is 210 Å². The summed E-state index contributed by atoms with van der Waals surface area (Å²) in [6.07, 6.45) is 0. The van der Waals surface area contributed by atoms with E-state index in [0.29, 0.717) is 22.6 Å². The summed E-state index contributed by atoms with van der Waals surface area (Å²) in [6, 6.07) is 26.7. The zero-order chi connectivity index (χ0) is 25.8. The maximum atomic E-state index is 12.6. The van der Waals surface area contributed by atoms with Crippen LogP contribution in [-0.4, -0.2) is 22.7 Å². The molecule has 0 atom stereocenters. The van der Waals surface area contributed by atoms with E-state index in [0.717, 1.165) is 5.56 Å². The Hall–Kier alpha value is -4.15. The van der Waals surface area contributed by atoms with Gasteiger partial charge in [0.1, 0.15) is 0 Å². The minimum atomic E-state index is -3.79. The lowest BCUT2D eigenvalue weighted by atomic mass is 10.2. The van der Waals surface area contributed by atoms with Crippen molar-refractivity contribution in [1.29, 1.82) is 0 Å². The van der Waals surface area contributed by atoms with Crippen molar-refractivity contribution in [3.63, 3.8) is 0 Å². The van der Waals surface area contributed by atoms with Crippen LogP contribution in [0.2, 0.25) is 0 Å². The number of anilines is 3. The molecular formula is C26H23N3O5S2. The molecule has 0 aliphatic carbocycles. The summed E-state index contributed by atoms with van der Waals surface area (Å²) >= 11 is 0. The largest absolute Gasteiger partial charge is 0.322 e. The zero-order valence-corrected chi connectivity index (χ0v) is 20.8. The smallest absolute Gasteiger partial charge is 0.261 e. The monoisotopic (exact) mass is 521 g/mol. The van der Waals surface area contributed by atoms with Gasteiger partial charge in [0.25, 0.3) is 26.0 Å². The summed E-state index contributed by atoms with van der Waals surface area (Å²) in [5, 5.41) is 2.69. The highest BCUT2D eigenvalue weighted by Crippen LogP contribution is 2.20. The van der Waals surface area contributed by atoms with Crippen LogP contribution in [0, 0.1) is 6.92 Å². The molecule has 1 amide bonds. The predicted molar refractivity (Wildman–Crippen MR) is 140 cm³/mol. The van der Waals surface area contributed by atoms with Crippen molar-refractivity contribution in [3.05, 3.63) is 114 Å². The zero-order valence-electron chi connectivity index (χ0n) is 19.2. The normalized spacial score (nSPS) is 11.5. The van der Waals surface area contributed by atoms with E-state index in [2.05, 4.69) is 14.8 Å². The van der Waals surface area contributed by atoms with Crippen LogP contribution in [0.1, 0.15) is 15.9 Å². The van der Waals surface area contributed by atoms with Gasteiger partial charge in [-0.05, 0) is 85.3 Å². The molecule has 0 saturated carbocycles. The molecule has 0 bridgehead atoms. The van der Waals surface area contributed by atoms with Gasteiger partial charge < -0.3 is 5.32 Å². The second-order valence-electron chi connectivity index (χ2n) is 7.95. The molecule has 4 rings (SSSR count). The number of aryl methyl sites for hydroxylation is 1. The van der Waals surface area contributed by atoms with Crippen molar-refractivity contribution in [2.75, 3.05) is 14.8 Å². The Bertz CT molecular complexity index is 1590. The van der Waals surface area contributed by atoms with Gasteiger partial charge in [-0.1, -0.05) is 30.3 Å². The van der Waals surface area contributed by atoms with Crippen molar-refractivity contribution < 1.29 is 21.6 Å². The van der Waals surface area contributed by atoms with Crippen LogP contribution < -0.4 is 14.8 Å². The van der Waals surface area contributed by atoms with Crippen LogP contribution in [0.5, 0.6) is 0 Å². The predicted octanol–water partition coefficient (Wildman–Crippen LogP) is 4.85. The first-order valence-electron chi connectivity index (χ1n) is 10.8. The first-order valence-corrected chi connectivity index (χ1v) is 13.8. The van der Waals surface area contributed by atoms with Gasteiger partial charge in [-0.2, -0.15) is 0 Å². The summed E-state index contributed by atoms with van der Waals surface area (Å²) in [5.74, 6) is -0.430. The Morgan fingerprint density at radius 1 is 0.583 bits per heavy atom. The highest BCUT2D eigenvalue weighted by molar-refractivity contribution is 7.93. The molecule has 8 nitrogen and oxygen atoms in total. The number of benzene rings is 4. The fraction of sp³-hybridized carbons (Fsp3) is 0.0385. The second-order valence-corrected chi connectivity index (χ2v) is 11.3. The molecular weight excluding hydrogens is 498 g/mol. The molecule has 4 aromatic carbocycles. The van der Waals surface area contributed by atoms with Gasteiger partial charge in [-0.25, -0.2) is 16.8 Å². The van der Waals surface area contributed by atoms with Crippen molar-refractivity contribution in [3.8, 4) is 0 Å². The van der Waals surface area contributed by atoms with Gasteiger partial charge >= 0.3 is 0 Å². The minimum Gasteiger partial charge on any atom is -0.322 e. The van der Waals surface area contributed by atoms with E-state index >= 15 is 0 Å². The molecule has 0 heterocycles. The van der Waals surface area contributed by atoms with Crippen molar-refractivity contribution in [2.24, 2.45) is 0 Å². The molecule has 0 unspecified atom stereocenters. The molecule has 0 aliphatic heterocycles. The lowest BCUT2D eigenvalue weighted by Crippen LogP contribution is -2.15. The summed E-state index contributed by atoms with van der Waals surface area (Å²) in [4.78, 5) is 12.8. The third-order valence-corrected chi connectivity index (χ3v) is 7.94. The Morgan fingerprint density at radius 2 is 1.14 bits per heavy atom. The molecule has 0 radical (unpaired) electrons. The fourth-order valence-corrected chi connectivity index (χ4v) is 5.48. The fourth-order valence-electron chi connectivity index (χ4n) is 3.35. The van der Waals surface area contributed by atoms with E-state index in [9.17, 15) is 21.6 Å². The van der Waals surface area contributed by atoms with Crippen molar-refractivity contribution in [1.82, 2.24) is 0 Å².